The average Bonchev–Trinajstić information content (AvgIpc) is 3.35. The summed E-state index contributed by atoms with van der Waals surface area (Å²) in [6, 6.07) is 8.83. The molecule has 0 unspecified atom stereocenters. The molecule has 0 aliphatic carbocycles. The van der Waals surface area contributed by atoms with Crippen LogP contribution < -0.4 is 10.1 Å². The number of carbonyl (C=O) groups is 2. The first kappa shape index (κ1) is 28.1. The van der Waals surface area contributed by atoms with E-state index in [1.165, 1.54) is 7.11 Å². The van der Waals surface area contributed by atoms with Gasteiger partial charge in [-0.1, -0.05) is 0 Å². The van der Waals surface area contributed by atoms with Gasteiger partial charge < -0.3 is 14.8 Å². The minimum atomic E-state index is -4.58. The molecule has 4 rings (SSSR count). The van der Waals surface area contributed by atoms with E-state index in [1.54, 1.807) is 36.1 Å². The molecule has 3 aromatic rings. The lowest BCUT2D eigenvalue weighted by Gasteiger charge is -2.31. The van der Waals surface area contributed by atoms with Crippen LogP contribution in [0.2, 0.25) is 0 Å². The summed E-state index contributed by atoms with van der Waals surface area (Å²) >= 11 is 0. The number of benzene rings is 1. The molecule has 9 nitrogen and oxygen atoms in total. The Morgan fingerprint density at radius 1 is 1.13 bits per heavy atom. The molecule has 1 aliphatic rings. The van der Waals surface area contributed by atoms with Crippen molar-refractivity contribution in [2.45, 2.75) is 25.4 Å². The normalized spacial score (nSPS) is 14.7. The maximum Gasteiger partial charge on any atom is 0.433 e. The molecule has 0 atom stereocenters. The van der Waals surface area contributed by atoms with Gasteiger partial charge in [-0.15, -0.1) is 0 Å². The number of likely N-dealkylation sites (tertiary alicyclic amines) is 1. The fraction of sp³-hybridized carbons (Fsp3) is 0.407. The van der Waals surface area contributed by atoms with E-state index in [-0.39, 0.29) is 11.5 Å². The van der Waals surface area contributed by atoms with Gasteiger partial charge in [-0.25, -0.2) is 0 Å². The molecular formula is C27H30F3N5O4. The molecule has 1 fully saturated rings. The van der Waals surface area contributed by atoms with Crippen LogP contribution in [0.4, 0.5) is 18.9 Å². The Hall–Kier alpha value is -3.93. The van der Waals surface area contributed by atoms with E-state index >= 15 is 0 Å². The van der Waals surface area contributed by atoms with Crippen molar-refractivity contribution in [3.63, 3.8) is 0 Å². The van der Waals surface area contributed by atoms with Crippen molar-refractivity contribution in [2.75, 3.05) is 38.7 Å². The summed E-state index contributed by atoms with van der Waals surface area (Å²) in [4.78, 5) is 29.8. The quantitative estimate of drug-likeness (QED) is 0.398. The van der Waals surface area contributed by atoms with Gasteiger partial charge in [-0.3, -0.25) is 24.2 Å². The zero-order valence-electron chi connectivity index (χ0n) is 21.7. The van der Waals surface area contributed by atoms with Crippen LogP contribution in [0.1, 0.15) is 35.3 Å². The molecule has 0 saturated carbocycles. The zero-order chi connectivity index (χ0) is 28.0. The Kier molecular flexibility index (Phi) is 8.85. The number of aryl methyl sites for hydroxylation is 1. The first-order valence-corrected chi connectivity index (χ1v) is 12.5. The number of amides is 1. The van der Waals surface area contributed by atoms with Crippen LogP contribution in [0, 0.1) is 5.92 Å². The fourth-order valence-corrected chi connectivity index (χ4v) is 4.49. The van der Waals surface area contributed by atoms with E-state index in [0.717, 1.165) is 56.5 Å². The summed E-state index contributed by atoms with van der Waals surface area (Å²) in [6.07, 6.45) is 0.278. The van der Waals surface area contributed by atoms with Gasteiger partial charge in [-0.05, 0) is 68.2 Å². The van der Waals surface area contributed by atoms with E-state index in [2.05, 4.69) is 20.3 Å². The number of methoxy groups -OCH3 is 1. The third-order valence-electron chi connectivity index (χ3n) is 6.71. The van der Waals surface area contributed by atoms with Gasteiger partial charge in [-0.2, -0.15) is 18.3 Å². The third-order valence-corrected chi connectivity index (χ3v) is 6.71. The predicted molar refractivity (Wildman–Crippen MR) is 137 cm³/mol. The predicted octanol–water partition coefficient (Wildman–Crippen LogP) is 4.41. The highest BCUT2D eigenvalue weighted by Crippen LogP contribution is 2.33. The van der Waals surface area contributed by atoms with Crippen molar-refractivity contribution in [3.8, 4) is 17.0 Å². The summed E-state index contributed by atoms with van der Waals surface area (Å²) in [6.45, 7) is 2.91. The van der Waals surface area contributed by atoms with Crippen molar-refractivity contribution >= 4 is 17.6 Å². The third kappa shape index (κ3) is 7.34. The number of hydrogen-bond donors (Lipinski definition) is 1. The monoisotopic (exact) mass is 545 g/mol. The number of esters is 1. The highest BCUT2D eigenvalue weighted by Gasteiger charge is 2.32. The van der Waals surface area contributed by atoms with E-state index in [9.17, 15) is 22.8 Å². The minimum absolute atomic E-state index is 0.000710. The van der Waals surface area contributed by atoms with Crippen molar-refractivity contribution in [1.82, 2.24) is 19.7 Å². The number of nitrogens with zero attached hydrogens (tertiary/aromatic N) is 4. The lowest BCUT2D eigenvalue weighted by Crippen LogP contribution is -2.37. The largest absolute Gasteiger partial charge is 0.492 e. The zero-order valence-corrected chi connectivity index (χ0v) is 21.7. The number of nitrogens with one attached hydrogen (secondary N) is 1. The number of ether oxygens (including phenoxy) is 2. The van der Waals surface area contributed by atoms with Gasteiger partial charge in [0.05, 0.1) is 18.4 Å². The van der Waals surface area contributed by atoms with E-state index in [4.69, 9.17) is 9.47 Å². The topological polar surface area (TPSA) is 98.6 Å². The Balaban J connectivity index is 1.40. The van der Waals surface area contributed by atoms with Gasteiger partial charge in [0.2, 0.25) is 0 Å². The molecule has 39 heavy (non-hydrogen) atoms. The lowest BCUT2D eigenvalue weighted by molar-refractivity contribution is -0.142. The van der Waals surface area contributed by atoms with Crippen molar-refractivity contribution in [2.24, 2.45) is 13.0 Å². The van der Waals surface area contributed by atoms with E-state index < -0.39 is 17.8 Å². The van der Waals surface area contributed by atoms with Crippen LogP contribution in [0.25, 0.3) is 11.3 Å². The molecular weight excluding hydrogens is 515 g/mol. The number of pyridine rings is 1. The van der Waals surface area contributed by atoms with Gasteiger partial charge >= 0.3 is 12.1 Å². The van der Waals surface area contributed by atoms with Gasteiger partial charge in [0.25, 0.3) is 5.91 Å². The van der Waals surface area contributed by atoms with E-state index in [1.807, 2.05) is 6.07 Å². The Bertz CT molecular complexity index is 1290. The number of carbonyl (C=O) groups excluding carboxylic acids is 2. The molecule has 1 saturated heterocycles. The molecule has 0 radical (unpaired) electrons. The maximum absolute atomic E-state index is 12.8. The van der Waals surface area contributed by atoms with Crippen LogP contribution in [-0.4, -0.2) is 64.9 Å². The molecule has 3 heterocycles. The van der Waals surface area contributed by atoms with Crippen LogP contribution >= 0.6 is 0 Å². The molecule has 12 heteroatoms. The van der Waals surface area contributed by atoms with Crippen LogP contribution in [0.3, 0.4) is 0 Å². The molecule has 1 amide bonds. The second-order valence-electron chi connectivity index (χ2n) is 9.35. The average molecular weight is 546 g/mol. The number of rotatable bonds is 9. The summed E-state index contributed by atoms with van der Waals surface area (Å²) in [5, 5.41) is 6.93. The summed E-state index contributed by atoms with van der Waals surface area (Å²) in [7, 11) is 3.20. The molecule has 0 spiro atoms. The van der Waals surface area contributed by atoms with E-state index in [0.29, 0.717) is 35.9 Å². The highest BCUT2D eigenvalue weighted by atomic mass is 19.4. The van der Waals surface area contributed by atoms with Crippen LogP contribution in [0.5, 0.6) is 5.75 Å². The Labute approximate surface area is 223 Å². The minimum Gasteiger partial charge on any atom is -0.492 e. The number of alkyl halides is 3. The number of aromatic nitrogens is 3. The van der Waals surface area contributed by atoms with Gasteiger partial charge in [0, 0.05) is 43.7 Å². The maximum atomic E-state index is 12.8. The highest BCUT2D eigenvalue weighted by molar-refractivity contribution is 6.04. The van der Waals surface area contributed by atoms with Crippen LogP contribution in [-0.2, 0) is 22.8 Å². The van der Waals surface area contributed by atoms with Crippen molar-refractivity contribution < 1.29 is 32.2 Å². The smallest absolute Gasteiger partial charge is 0.433 e. The summed E-state index contributed by atoms with van der Waals surface area (Å²) in [5.41, 5.74) is 0.845. The molecule has 1 N–H and O–H groups in total. The van der Waals surface area contributed by atoms with Gasteiger partial charge in [0.15, 0.2) is 0 Å². The SMILES string of the molecule is COC(=O)CC1CCN(CCOc2ccc(NC(=O)c3ccc(C(F)(F)F)nc3)cc2-c2ccnn2C)CC1. The second-order valence-corrected chi connectivity index (χ2v) is 9.35. The number of piperidine rings is 1. The van der Waals surface area contributed by atoms with Crippen molar-refractivity contribution in [1.29, 1.82) is 0 Å². The van der Waals surface area contributed by atoms with Crippen molar-refractivity contribution in [3.05, 3.63) is 60.0 Å². The standard InChI is InChI=1S/C27H30F3N5O4/c1-34-22(7-10-32-34)21-16-20(33-26(37)19-3-6-24(31-17-19)27(28,29)30)4-5-23(21)39-14-13-35-11-8-18(9-12-35)15-25(36)38-2/h3-7,10,16-18H,8-9,11-15H2,1-2H3,(H,33,37). The Morgan fingerprint density at radius 2 is 1.90 bits per heavy atom. The summed E-state index contributed by atoms with van der Waals surface area (Å²) in [5.74, 6) is 0.187. The number of anilines is 1. The molecule has 2 aromatic heterocycles. The Morgan fingerprint density at radius 3 is 2.51 bits per heavy atom. The van der Waals surface area contributed by atoms with Crippen LogP contribution in [0.15, 0.2) is 48.8 Å². The molecule has 1 aromatic carbocycles. The first-order chi connectivity index (χ1) is 18.6. The fourth-order valence-electron chi connectivity index (χ4n) is 4.49. The second kappa shape index (κ2) is 12.3. The lowest BCUT2D eigenvalue weighted by atomic mass is 9.94. The molecule has 1 aliphatic heterocycles. The molecule has 208 valence electrons. The van der Waals surface area contributed by atoms with Gasteiger partial charge in [0.1, 0.15) is 18.1 Å². The summed E-state index contributed by atoms with van der Waals surface area (Å²) < 4.78 is 50.9. The molecule has 0 bridgehead atoms. The first-order valence-electron chi connectivity index (χ1n) is 12.5. The number of hydrogen-bond acceptors (Lipinski definition) is 7. The number of halogens is 3.